The van der Waals surface area contributed by atoms with Gasteiger partial charge in [-0.3, -0.25) is 19.1 Å². The highest BCUT2D eigenvalue weighted by Crippen LogP contribution is 2.23. The second-order valence-corrected chi connectivity index (χ2v) is 7.23. The molecule has 1 aliphatic heterocycles. The topological polar surface area (TPSA) is 105 Å². The van der Waals surface area contributed by atoms with Crippen LogP contribution in [0.3, 0.4) is 0 Å². The number of para-hydroxylation sites is 1. The second kappa shape index (κ2) is 7.84. The lowest BCUT2D eigenvalue weighted by molar-refractivity contribution is -0.118. The number of hydrogen-bond donors (Lipinski definition) is 3. The summed E-state index contributed by atoms with van der Waals surface area (Å²) in [4.78, 5) is 37.2. The molecule has 2 heterocycles. The molecule has 0 unspecified atom stereocenters. The molecule has 8 heteroatoms. The van der Waals surface area contributed by atoms with E-state index < -0.39 is 6.04 Å². The van der Waals surface area contributed by atoms with E-state index >= 15 is 0 Å². The number of carbonyl (C=O) groups is 3. The van der Waals surface area contributed by atoms with E-state index in [2.05, 4.69) is 21.0 Å². The first-order valence-electron chi connectivity index (χ1n) is 9.34. The van der Waals surface area contributed by atoms with Gasteiger partial charge >= 0.3 is 0 Å². The molecule has 8 nitrogen and oxygen atoms in total. The predicted molar refractivity (Wildman–Crippen MR) is 106 cm³/mol. The second-order valence-electron chi connectivity index (χ2n) is 7.23. The normalized spacial score (nSPS) is 16.2. The summed E-state index contributed by atoms with van der Waals surface area (Å²) in [6.07, 6.45) is 0.300. The molecule has 0 radical (unpaired) electrons. The van der Waals surface area contributed by atoms with Crippen LogP contribution in [0, 0.1) is 13.8 Å². The molecule has 0 spiro atoms. The molecule has 3 N–H and O–H groups in total. The molecule has 28 heavy (non-hydrogen) atoms. The Morgan fingerprint density at radius 3 is 2.64 bits per heavy atom. The molecule has 0 bridgehead atoms. The standard InChI is InChI=1S/C20H25N5O3/c1-11(2)25-13(4)18(12(3)24-25)23-17(26)10-9-16-20(28)21-15-8-6-5-7-14(15)19(27)22-16/h5-8,11,16H,9-10H2,1-4H3,(H,21,28)(H,22,27)(H,23,26)/t16-/m0/s1. The van der Waals surface area contributed by atoms with E-state index in [1.54, 1.807) is 24.3 Å². The third-order valence-electron chi connectivity index (χ3n) is 4.79. The van der Waals surface area contributed by atoms with E-state index in [0.717, 1.165) is 11.4 Å². The highest BCUT2D eigenvalue weighted by atomic mass is 16.2. The Hall–Kier alpha value is -3.16. The zero-order valence-electron chi connectivity index (χ0n) is 16.5. The maximum atomic E-state index is 12.4. The van der Waals surface area contributed by atoms with Crippen LogP contribution in [0.1, 0.15) is 54.5 Å². The molecule has 3 rings (SSSR count). The van der Waals surface area contributed by atoms with Crippen molar-refractivity contribution in [2.75, 3.05) is 10.6 Å². The third-order valence-corrected chi connectivity index (χ3v) is 4.79. The lowest BCUT2D eigenvalue weighted by Crippen LogP contribution is -2.41. The molecule has 0 aliphatic carbocycles. The van der Waals surface area contributed by atoms with Gasteiger partial charge in [-0.05, 0) is 46.2 Å². The van der Waals surface area contributed by atoms with Gasteiger partial charge in [0.15, 0.2) is 0 Å². The van der Waals surface area contributed by atoms with Crippen LogP contribution in [-0.4, -0.2) is 33.5 Å². The van der Waals surface area contributed by atoms with Crippen molar-refractivity contribution in [1.29, 1.82) is 0 Å². The van der Waals surface area contributed by atoms with Gasteiger partial charge in [0.05, 0.1) is 28.3 Å². The number of benzene rings is 1. The minimum absolute atomic E-state index is 0.0977. The smallest absolute Gasteiger partial charge is 0.254 e. The first kappa shape index (κ1) is 19.6. The van der Waals surface area contributed by atoms with E-state index in [1.807, 2.05) is 32.4 Å². The van der Waals surface area contributed by atoms with Crippen LogP contribution >= 0.6 is 0 Å². The molecule has 0 fully saturated rings. The SMILES string of the molecule is Cc1nn(C(C)C)c(C)c1NC(=O)CC[C@@H]1NC(=O)c2ccccc2NC1=O. The number of rotatable bonds is 5. The fourth-order valence-electron chi connectivity index (χ4n) is 3.34. The minimum Gasteiger partial charge on any atom is -0.340 e. The Labute approximate surface area is 163 Å². The van der Waals surface area contributed by atoms with Gasteiger partial charge in [0.2, 0.25) is 11.8 Å². The van der Waals surface area contributed by atoms with Crippen molar-refractivity contribution in [3.8, 4) is 0 Å². The van der Waals surface area contributed by atoms with Gasteiger partial charge in [-0.1, -0.05) is 12.1 Å². The van der Waals surface area contributed by atoms with Crippen molar-refractivity contribution in [1.82, 2.24) is 15.1 Å². The molecule has 1 atom stereocenters. The third kappa shape index (κ3) is 3.90. The predicted octanol–water partition coefficient (Wildman–Crippen LogP) is 2.55. The first-order chi connectivity index (χ1) is 13.3. The van der Waals surface area contributed by atoms with Gasteiger partial charge in [-0.2, -0.15) is 5.10 Å². The summed E-state index contributed by atoms with van der Waals surface area (Å²) in [6.45, 7) is 7.80. The average Bonchev–Trinajstić information content (AvgIpc) is 2.86. The molecule has 148 valence electrons. The molecule has 1 aliphatic rings. The van der Waals surface area contributed by atoms with Crippen molar-refractivity contribution in [2.45, 2.75) is 52.6 Å². The van der Waals surface area contributed by atoms with E-state index in [-0.39, 0.29) is 36.6 Å². The number of amides is 3. The molecule has 3 amide bonds. The van der Waals surface area contributed by atoms with Crippen LogP contribution in [0.25, 0.3) is 0 Å². The molecule has 1 aromatic carbocycles. The highest BCUT2D eigenvalue weighted by Gasteiger charge is 2.28. The fourth-order valence-corrected chi connectivity index (χ4v) is 3.34. The first-order valence-corrected chi connectivity index (χ1v) is 9.34. The van der Waals surface area contributed by atoms with Crippen LogP contribution in [-0.2, 0) is 9.59 Å². The Morgan fingerprint density at radius 2 is 1.96 bits per heavy atom. The van der Waals surface area contributed by atoms with E-state index in [0.29, 0.717) is 16.9 Å². The highest BCUT2D eigenvalue weighted by molar-refractivity contribution is 6.10. The molecule has 0 saturated heterocycles. The van der Waals surface area contributed by atoms with Gasteiger partial charge in [-0.15, -0.1) is 0 Å². The van der Waals surface area contributed by atoms with Crippen molar-refractivity contribution >= 4 is 29.1 Å². The zero-order valence-corrected chi connectivity index (χ0v) is 16.5. The van der Waals surface area contributed by atoms with E-state index in [4.69, 9.17) is 0 Å². The number of hydrogen-bond acceptors (Lipinski definition) is 4. The summed E-state index contributed by atoms with van der Waals surface area (Å²) >= 11 is 0. The maximum Gasteiger partial charge on any atom is 0.254 e. The summed E-state index contributed by atoms with van der Waals surface area (Å²) < 4.78 is 1.86. The lowest BCUT2D eigenvalue weighted by atomic mass is 10.1. The molecular formula is C20H25N5O3. The van der Waals surface area contributed by atoms with Crippen LogP contribution in [0.5, 0.6) is 0 Å². The summed E-state index contributed by atoms with van der Waals surface area (Å²) in [6, 6.07) is 6.24. The summed E-state index contributed by atoms with van der Waals surface area (Å²) in [7, 11) is 0. The maximum absolute atomic E-state index is 12.4. The van der Waals surface area contributed by atoms with Crippen molar-refractivity contribution in [2.24, 2.45) is 0 Å². The fraction of sp³-hybridized carbons (Fsp3) is 0.400. The summed E-state index contributed by atoms with van der Waals surface area (Å²) in [5, 5.41) is 12.8. The lowest BCUT2D eigenvalue weighted by Gasteiger charge is -2.14. The van der Waals surface area contributed by atoms with Crippen LogP contribution in [0.4, 0.5) is 11.4 Å². The van der Waals surface area contributed by atoms with Gasteiger partial charge in [-0.25, -0.2) is 0 Å². The minimum atomic E-state index is -0.772. The average molecular weight is 383 g/mol. The number of nitrogens with zero attached hydrogens (tertiary/aromatic N) is 2. The van der Waals surface area contributed by atoms with Crippen LogP contribution < -0.4 is 16.0 Å². The van der Waals surface area contributed by atoms with Crippen molar-refractivity contribution in [3.63, 3.8) is 0 Å². The van der Waals surface area contributed by atoms with Crippen LogP contribution in [0.2, 0.25) is 0 Å². The number of aryl methyl sites for hydroxylation is 1. The Bertz CT molecular complexity index is 932. The summed E-state index contributed by atoms with van der Waals surface area (Å²) in [5.74, 6) is -0.881. The van der Waals surface area contributed by atoms with Gasteiger partial charge < -0.3 is 16.0 Å². The van der Waals surface area contributed by atoms with Crippen molar-refractivity contribution in [3.05, 3.63) is 41.2 Å². The van der Waals surface area contributed by atoms with E-state index in [9.17, 15) is 14.4 Å². The van der Waals surface area contributed by atoms with Gasteiger partial charge in [0.1, 0.15) is 6.04 Å². The van der Waals surface area contributed by atoms with Gasteiger partial charge in [0, 0.05) is 12.5 Å². The van der Waals surface area contributed by atoms with E-state index in [1.165, 1.54) is 0 Å². The quantitative estimate of drug-likeness (QED) is 0.738. The number of aromatic nitrogens is 2. The molecule has 1 aromatic heterocycles. The van der Waals surface area contributed by atoms with Gasteiger partial charge in [0.25, 0.3) is 5.91 Å². The Kier molecular flexibility index (Phi) is 5.48. The number of carbonyl (C=O) groups excluding carboxylic acids is 3. The van der Waals surface area contributed by atoms with Crippen LogP contribution in [0.15, 0.2) is 24.3 Å². The molecule has 2 aromatic rings. The van der Waals surface area contributed by atoms with Crippen molar-refractivity contribution < 1.29 is 14.4 Å². The number of nitrogens with one attached hydrogen (secondary N) is 3. The largest absolute Gasteiger partial charge is 0.340 e. The summed E-state index contributed by atoms with van der Waals surface area (Å²) in [5.41, 5.74) is 3.22. The zero-order chi connectivity index (χ0) is 20.4. The Balaban J connectivity index is 1.64. The number of fused-ring (bicyclic) bond motifs is 1. The Morgan fingerprint density at radius 1 is 1.25 bits per heavy atom. The monoisotopic (exact) mass is 383 g/mol. The molecular weight excluding hydrogens is 358 g/mol. The molecule has 0 saturated carbocycles. The number of anilines is 2.